The van der Waals surface area contributed by atoms with Crippen molar-refractivity contribution < 1.29 is 14.6 Å². The van der Waals surface area contributed by atoms with Crippen LogP contribution in [0.5, 0.6) is 5.75 Å². The minimum absolute atomic E-state index is 0.210. The molecule has 1 unspecified atom stereocenters. The summed E-state index contributed by atoms with van der Waals surface area (Å²) >= 11 is 0. The van der Waals surface area contributed by atoms with Crippen molar-refractivity contribution in [3.05, 3.63) is 30.3 Å². The number of carboxylic acid groups (broad SMARTS) is 1. The summed E-state index contributed by atoms with van der Waals surface area (Å²) in [5.74, 6) is -0.209. The number of ether oxygens (including phenoxy) is 1. The normalized spacial score (nSPS) is 13.1. The third-order valence-corrected chi connectivity index (χ3v) is 2.99. The smallest absolute Gasteiger partial charge is 0.307 e. The lowest BCUT2D eigenvalue weighted by Gasteiger charge is -2.26. The first-order chi connectivity index (χ1) is 8.41. The van der Waals surface area contributed by atoms with Crippen molar-refractivity contribution >= 4 is 5.97 Å². The maximum atomic E-state index is 11.2. The second kappa shape index (κ2) is 6.43. The van der Waals surface area contributed by atoms with E-state index in [1.165, 1.54) is 0 Å². The number of para-hydroxylation sites is 1. The van der Waals surface area contributed by atoms with E-state index in [4.69, 9.17) is 4.74 Å². The summed E-state index contributed by atoms with van der Waals surface area (Å²) in [4.78, 5) is 11.2. The summed E-state index contributed by atoms with van der Waals surface area (Å²) in [6, 6.07) is 9.58. The highest BCUT2D eigenvalue weighted by Gasteiger charge is 2.30. The van der Waals surface area contributed by atoms with Crippen LogP contribution >= 0.6 is 0 Å². The molecule has 0 aliphatic heterocycles. The molecule has 1 aromatic carbocycles. The molecule has 0 saturated carbocycles. The Labute approximate surface area is 109 Å². The van der Waals surface area contributed by atoms with Crippen LogP contribution in [-0.4, -0.2) is 17.7 Å². The first-order valence-corrected chi connectivity index (χ1v) is 6.32. The van der Waals surface area contributed by atoms with Crippen molar-refractivity contribution in [2.24, 2.45) is 11.3 Å². The fourth-order valence-corrected chi connectivity index (χ4v) is 1.92. The van der Waals surface area contributed by atoms with Gasteiger partial charge in [-0.2, -0.15) is 0 Å². The Morgan fingerprint density at radius 1 is 1.28 bits per heavy atom. The van der Waals surface area contributed by atoms with Crippen LogP contribution in [0.15, 0.2) is 30.3 Å². The molecule has 0 amide bonds. The molecule has 1 N–H and O–H groups in total. The minimum atomic E-state index is -0.720. The lowest BCUT2D eigenvalue weighted by atomic mass is 9.78. The molecule has 0 spiro atoms. The van der Waals surface area contributed by atoms with Crippen LogP contribution < -0.4 is 4.74 Å². The Hall–Kier alpha value is -1.51. The van der Waals surface area contributed by atoms with Crippen LogP contribution in [0.2, 0.25) is 0 Å². The van der Waals surface area contributed by atoms with Crippen LogP contribution in [-0.2, 0) is 4.79 Å². The van der Waals surface area contributed by atoms with Crippen LogP contribution in [0.1, 0.15) is 33.6 Å². The largest absolute Gasteiger partial charge is 0.494 e. The van der Waals surface area contributed by atoms with Crippen LogP contribution in [0.3, 0.4) is 0 Å². The highest BCUT2D eigenvalue weighted by molar-refractivity contribution is 5.70. The molecule has 0 saturated heterocycles. The van der Waals surface area contributed by atoms with E-state index in [0.717, 1.165) is 12.2 Å². The Morgan fingerprint density at radius 2 is 1.89 bits per heavy atom. The Balaban J connectivity index is 2.34. The van der Waals surface area contributed by atoms with Gasteiger partial charge in [0.15, 0.2) is 0 Å². The standard InChI is InChI=1S/C15H22O3/c1-15(2,3)13(14(16)17)10-7-11-18-12-8-5-4-6-9-12/h4-6,8-9,13H,7,10-11H2,1-3H3,(H,16,17). The molecule has 100 valence electrons. The lowest BCUT2D eigenvalue weighted by Crippen LogP contribution is -2.28. The third kappa shape index (κ3) is 4.78. The second-order valence-corrected chi connectivity index (χ2v) is 5.56. The molecule has 0 radical (unpaired) electrons. The van der Waals surface area contributed by atoms with Gasteiger partial charge in [-0.05, 0) is 30.4 Å². The van der Waals surface area contributed by atoms with Crippen LogP contribution in [0.25, 0.3) is 0 Å². The molecule has 0 heterocycles. The molecule has 0 bridgehead atoms. The van der Waals surface area contributed by atoms with Crippen molar-refractivity contribution in [1.29, 1.82) is 0 Å². The summed E-state index contributed by atoms with van der Waals surface area (Å²) in [7, 11) is 0. The molecule has 1 aromatic rings. The molecule has 0 aliphatic rings. The number of hydrogen-bond donors (Lipinski definition) is 1. The molecule has 0 aliphatic carbocycles. The number of rotatable bonds is 6. The zero-order chi connectivity index (χ0) is 13.6. The lowest BCUT2D eigenvalue weighted by molar-refractivity contribution is -0.145. The van der Waals surface area contributed by atoms with Gasteiger partial charge < -0.3 is 9.84 Å². The molecule has 18 heavy (non-hydrogen) atoms. The van der Waals surface area contributed by atoms with E-state index in [1.54, 1.807) is 0 Å². The van der Waals surface area contributed by atoms with E-state index >= 15 is 0 Å². The average Bonchev–Trinajstić information content (AvgIpc) is 2.27. The Kier molecular flexibility index (Phi) is 5.20. The highest BCUT2D eigenvalue weighted by Crippen LogP contribution is 2.29. The molecule has 0 fully saturated rings. The Bertz CT molecular complexity index is 365. The van der Waals surface area contributed by atoms with Gasteiger partial charge in [0.2, 0.25) is 0 Å². The summed E-state index contributed by atoms with van der Waals surface area (Å²) in [5, 5.41) is 9.18. The fraction of sp³-hybridized carbons (Fsp3) is 0.533. The predicted molar refractivity (Wildman–Crippen MR) is 71.8 cm³/mol. The maximum absolute atomic E-state index is 11.2. The zero-order valence-corrected chi connectivity index (χ0v) is 11.3. The molecule has 1 rings (SSSR count). The quantitative estimate of drug-likeness (QED) is 0.785. The minimum Gasteiger partial charge on any atom is -0.494 e. The third-order valence-electron chi connectivity index (χ3n) is 2.99. The van der Waals surface area contributed by atoms with Gasteiger partial charge in [0.05, 0.1) is 12.5 Å². The second-order valence-electron chi connectivity index (χ2n) is 5.56. The molecular weight excluding hydrogens is 228 g/mol. The molecule has 1 atom stereocenters. The first-order valence-electron chi connectivity index (χ1n) is 6.32. The van der Waals surface area contributed by atoms with Crippen molar-refractivity contribution in [2.75, 3.05) is 6.61 Å². The molecular formula is C15H22O3. The van der Waals surface area contributed by atoms with E-state index in [-0.39, 0.29) is 11.3 Å². The van der Waals surface area contributed by atoms with E-state index in [0.29, 0.717) is 13.0 Å². The zero-order valence-electron chi connectivity index (χ0n) is 11.3. The van der Waals surface area contributed by atoms with Gasteiger partial charge in [0.25, 0.3) is 0 Å². The monoisotopic (exact) mass is 250 g/mol. The van der Waals surface area contributed by atoms with Crippen molar-refractivity contribution in [1.82, 2.24) is 0 Å². The van der Waals surface area contributed by atoms with E-state index in [2.05, 4.69) is 0 Å². The molecule has 3 nitrogen and oxygen atoms in total. The van der Waals surface area contributed by atoms with Crippen LogP contribution in [0, 0.1) is 11.3 Å². The maximum Gasteiger partial charge on any atom is 0.307 e. The van der Waals surface area contributed by atoms with Gasteiger partial charge in [0.1, 0.15) is 5.75 Å². The SMILES string of the molecule is CC(C)(C)C(CCCOc1ccccc1)C(=O)O. The number of hydrogen-bond acceptors (Lipinski definition) is 2. The number of benzene rings is 1. The average molecular weight is 250 g/mol. The predicted octanol–water partition coefficient (Wildman–Crippen LogP) is 3.59. The van der Waals surface area contributed by atoms with Gasteiger partial charge in [-0.15, -0.1) is 0 Å². The number of carbonyl (C=O) groups is 1. The topological polar surface area (TPSA) is 46.5 Å². The van der Waals surface area contributed by atoms with E-state index < -0.39 is 5.97 Å². The van der Waals surface area contributed by atoms with Gasteiger partial charge in [-0.25, -0.2) is 0 Å². The van der Waals surface area contributed by atoms with Gasteiger partial charge in [0, 0.05) is 0 Å². The van der Waals surface area contributed by atoms with Crippen LogP contribution in [0.4, 0.5) is 0 Å². The van der Waals surface area contributed by atoms with Gasteiger partial charge in [-0.3, -0.25) is 4.79 Å². The van der Waals surface area contributed by atoms with E-state index in [1.807, 2.05) is 51.1 Å². The van der Waals surface area contributed by atoms with Gasteiger partial charge >= 0.3 is 5.97 Å². The first kappa shape index (κ1) is 14.6. The summed E-state index contributed by atoms with van der Waals surface area (Å²) < 4.78 is 5.56. The molecule has 0 aromatic heterocycles. The van der Waals surface area contributed by atoms with E-state index in [9.17, 15) is 9.90 Å². The summed E-state index contributed by atoms with van der Waals surface area (Å²) in [6.07, 6.45) is 1.40. The summed E-state index contributed by atoms with van der Waals surface area (Å²) in [5.41, 5.74) is -0.210. The van der Waals surface area contributed by atoms with Crippen molar-refractivity contribution in [3.8, 4) is 5.75 Å². The fourth-order valence-electron chi connectivity index (χ4n) is 1.92. The highest BCUT2D eigenvalue weighted by atomic mass is 16.5. The molecule has 3 heteroatoms. The number of aliphatic carboxylic acids is 1. The summed E-state index contributed by atoms with van der Waals surface area (Å²) in [6.45, 7) is 6.45. The van der Waals surface area contributed by atoms with Crippen molar-refractivity contribution in [3.63, 3.8) is 0 Å². The Morgan fingerprint density at radius 3 is 2.39 bits per heavy atom. The number of carboxylic acids is 1. The van der Waals surface area contributed by atoms with Crippen molar-refractivity contribution in [2.45, 2.75) is 33.6 Å². The van der Waals surface area contributed by atoms with Gasteiger partial charge in [-0.1, -0.05) is 39.0 Å².